The van der Waals surface area contributed by atoms with Crippen LogP contribution in [-0.2, 0) is 0 Å². The van der Waals surface area contributed by atoms with Crippen LogP contribution in [0.15, 0.2) is 60.7 Å². The Bertz CT molecular complexity index is 386. The summed E-state index contributed by atoms with van der Waals surface area (Å²) in [6, 6.07) is 21.8. The fraction of sp³-hybridized carbons (Fsp3) is 0.200. The molecule has 1 N–H and O–H groups in total. The van der Waals surface area contributed by atoms with Gasteiger partial charge < -0.3 is 17.3 Å². The number of quaternary nitrogens is 1. The molecule has 90 valence electrons. The fourth-order valence-electron chi connectivity index (χ4n) is 2.15. The maximum Gasteiger partial charge on any atom is 0.138 e. The van der Waals surface area contributed by atoms with E-state index >= 15 is 0 Å². The highest BCUT2D eigenvalue weighted by Crippen LogP contribution is 2.17. The second-order valence-electron chi connectivity index (χ2n) is 4.33. The van der Waals surface area contributed by atoms with Crippen LogP contribution in [0.5, 0.6) is 0 Å². The number of nitrogens with one attached hydrogen (secondary N) is 1. The van der Waals surface area contributed by atoms with Gasteiger partial charge in [0.25, 0.3) is 0 Å². The minimum atomic E-state index is 0. The highest BCUT2D eigenvalue weighted by Gasteiger charge is 2.18. The molecule has 0 radical (unpaired) electrons. The summed E-state index contributed by atoms with van der Waals surface area (Å²) in [6.07, 6.45) is 0. The van der Waals surface area contributed by atoms with E-state index in [-0.39, 0.29) is 12.4 Å². The van der Waals surface area contributed by atoms with Crippen LogP contribution in [0.3, 0.4) is 0 Å². The Labute approximate surface area is 109 Å². The van der Waals surface area contributed by atoms with Crippen LogP contribution in [-0.4, -0.2) is 14.1 Å². The van der Waals surface area contributed by atoms with Gasteiger partial charge in [0.15, 0.2) is 0 Å². The van der Waals surface area contributed by atoms with Gasteiger partial charge in [-0.25, -0.2) is 0 Å². The molecule has 0 atom stereocenters. The van der Waals surface area contributed by atoms with Gasteiger partial charge in [-0.2, -0.15) is 0 Å². The van der Waals surface area contributed by atoms with Gasteiger partial charge in [-0.1, -0.05) is 60.7 Å². The summed E-state index contributed by atoms with van der Waals surface area (Å²) in [7, 11) is 4.40. The van der Waals surface area contributed by atoms with Crippen molar-refractivity contribution in [2.45, 2.75) is 6.04 Å². The largest absolute Gasteiger partial charge is 1.00 e. The average Bonchev–Trinajstić information content (AvgIpc) is 2.31. The molecule has 0 amide bonds. The van der Waals surface area contributed by atoms with Crippen LogP contribution in [0.25, 0.3) is 0 Å². The molecule has 2 aromatic rings. The van der Waals surface area contributed by atoms with Crippen molar-refractivity contribution < 1.29 is 17.3 Å². The monoisotopic (exact) mass is 247 g/mol. The molecule has 2 aromatic carbocycles. The molecule has 0 aliphatic rings. The zero-order valence-electron chi connectivity index (χ0n) is 10.2. The van der Waals surface area contributed by atoms with Crippen molar-refractivity contribution >= 4 is 0 Å². The lowest BCUT2D eigenvalue weighted by Crippen LogP contribution is -3.06. The number of hydrogen-bond donors (Lipinski definition) is 1. The SMILES string of the molecule is C[NH+](C)C(c1ccccc1)c1ccccc1.[Cl-]. The van der Waals surface area contributed by atoms with Crippen molar-refractivity contribution in [1.29, 1.82) is 0 Å². The molecule has 0 saturated carbocycles. The first-order valence-electron chi connectivity index (χ1n) is 5.69. The van der Waals surface area contributed by atoms with Crippen LogP contribution >= 0.6 is 0 Å². The van der Waals surface area contributed by atoms with E-state index < -0.39 is 0 Å². The molecule has 1 nitrogen and oxygen atoms in total. The van der Waals surface area contributed by atoms with Crippen molar-refractivity contribution in [2.75, 3.05) is 14.1 Å². The van der Waals surface area contributed by atoms with E-state index in [1.54, 1.807) is 0 Å². The lowest BCUT2D eigenvalue weighted by molar-refractivity contribution is -0.885. The highest BCUT2D eigenvalue weighted by atomic mass is 35.5. The van der Waals surface area contributed by atoms with E-state index in [0.29, 0.717) is 6.04 Å². The molecule has 0 aliphatic heterocycles. The van der Waals surface area contributed by atoms with Gasteiger partial charge >= 0.3 is 0 Å². The van der Waals surface area contributed by atoms with E-state index in [4.69, 9.17) is 0 Å². The van der Waals surface area contributed by atoms with Crippen LogP contribution in [0, 0.1) is 0 Å². The molecule has 0 unspecified atom stereocenters. The zero-order valence-corrected chi connectivity index (χ0v) is 11.0. The molecule has 0 saturated heterocycles. The lowest BCUT2D eigenvalue weighted by Gasteiger charge is -2.22. The number of benzene rings is 2. The van der Waals surface area contributed by atoms with E-state index in [2.05, 4.69) is 74.8 Å². The molecular formula is C15H18ClN. The number of rotatable bonds is 3. The van der Waals surface area contributed by atoms with Gasteiger partial charge in [0.2, 0.25) is 0 Å². The quantitative estimate of drug-likeness (QED) is 0.704. The van der Waals surface area contributed by atoms with Crippen LogP contribution in [0.2, 0.25) is 0 Å². The van der Waals surface area contributed by atoms with E-state index in [1.807, 2.05) is 0 Å². The topological polar surface area (TPSA) is 4.44 Å². The Morgan fingerprint density at radius 1 is 0.706 bits per heavy atom. The Morgan fingerprint density at radius 3 is 1.35 bits per heavy atom. The first-order chi connectivity index (χ1) is 7.79. The van der Waals surface area contributed by atoms with Crippen LogP contribution in [0.4, 0.5) is 0 Å². The van der Waals surface area contributed by atoms with E-state index in [9.17, 15) is 0 Å². The molecular weight excluding hydrogens is 230 g/mol. The van der Waals surface area contributed by atoms with Gasteiger partial charge in [-0.05, 0) is 0 Å². The first-order valence-corrected chi connectivity index (χ1v) is 5.69. The molecule has 0 aliphatic carbocycles. The fourth-order valence-corrected chi connectivity index (χ4v) is 2.15. The summed E-state index contributed by atoms with van der Waals surface area (Å²) in [6.45, 7) is 0. The third-order valence-electron chi connectivity index (χ3n) is 2.84. The van der Waals surface area contributed by atoms with Gasteiger partial charge in [-0.15, -0.1) is 0 Å². The van der Waals surface area contributed by atoms with Crippen LogP contribution < -0.4 is 17.3 Å². The minimum Gasteiger partial charge on any atom is -1.00 e. The molecule has 2 rings (SSSR count). The van der Waals surface area contributed by atoms with E-state index in [1.165, 1.54) is 16.0 Å². The molecule has 0 bridgehead atoms. The van der Waals surface area contributed by atoms with Gasteiger partial charge in [0, 0.05) is 11.1 Å². The van der Waals surface area contributed by atoms with Crippen molar-refractivity contribution in [3.05, 3.63) is 71.8 Å². The number of halogens is 1. The molecule has 0 spiro atoms. The van der Waals surface area contributed by atoms with Crippen molar-refractivity contribution in [3.63, 3.8) is 0 Å². The van der Waals surface area contributed by atoms with Crippen molar-refractivity contribution in [3.8, 4) is 0 Å². The molecule has 2 heteroatoms. The molecule has 0 aromatic heterocycles. The zero-order chi connectivity index (χ0) is 11.4. The maximum atomic E-state index is 2.20. The molecule has 0 heterocycles. The van der Waals surface area contributed by atoms with Gasteiger partial charge in [0.1, 0.15) is 6.04 Å². The smallest absolute Gasteiger partial charge is 0.138 e. The Kier molecular flexibility index (Phi) is 5.20. The predicted molar refractivity (Wildman–Crippen MR) is 67.5 cm³/mol. The second-order valence-corrected chi connectivity index (χ2v) is 4.33. The molecule has 0 fully saturated rings. The minimum absolute atomic E-state index is 0. The summed E-state index contributed by atoms with van der Waals surface area (Å²) in [5.41, 5.74) is 2.74. The average molecular weight is 248 g/mol. The lowest BCUT2D eigenvalue weighted by atomic mass is 9.98. The summed E-state index contributed by atoms with van der Waals surface area (Å²) in [5.74, 6) is 0. The standard InChI is InChI=1S/C15H17N.ClH/c1-16(2)15(13-9-5-3-6-10-13)14-11-7-4-8-12-14;/h3-12,15H,1-2H3;1H. The van der Waals surface area contributed by atoms with Crippen molar-refractivity contribution in [2.24, 2.45) is 0 Å². The van der Waals surface area contributed by atoms with Gasteiger partial charge in [0.05, 0.1) is 14.1 Å². The third-order valence-corrected chi connectivity index (χ3v) is 2.84. The Hall–Kier alpha value is -1.31. The normalized spacial score (nSPS) is 10.4. The maximum absolute atomic E-state index is 2.20. The Morgan fingerprint density at radius 2 is 1.06 bits per heavy atom. The molecule has 17 heavy (non-hydrogen) atoms. The number of hydrogen-bond acceptors (Lipinski definition) is 0. The van der Waals surface area contributed by atoms with Crippen LogP contribution in [0.1, 0.15) is 17.2 Å². The third kappa shape index (κ3) is 3.32. The van der Waals surface area contributed by atoms with Gasteiger partial charge in [-0.3, -0.25) is 0 Å². The predicted octanol–water partition coefficient (Wildman–Crippen LogP) is -1.08. The summed E-state index contributed by atoms with van der Waals surface area (Å²) in [4.78, 5) is 1.43. The summed E-state index contributed by atoms with van der Waals surface area (Å²) in [5, 5.41) is 0. The second kappa shape index (κ2) is 6.43. The van der Waals surface area contributed by atoms with Crippen molar-refractivity contribution in [1.82, 2.24) is 0 Å². The summed E-state index contributed by atoms with van der Waals surface area (Å²) >= 11 is 0. The first kappa shape index (κ1) is 13.8. The van der Waals surface area contributed by atoms with E-state index in [0.717, 1.165) is 0 Å². The highest BCUT2D eigenvalue weighted by molar-refractivity contribution is 5.29. The Balaban J connectivity index is 0.00000144. The summed E-state index contributed by atoms with van der Waals surface area (Å²) < 4.78 is 0.